The average Bonchev–Trinajstić information content (AvgIpc) is 2.01. The van der Waals surface area contributed by atoms with E-state index >= 15 is 0 Å². The summed E-state index contributed by atoms with van der Waals surface area (Å²) in [7, 11) is 0. The number of aliphatic hydroxyl groups excluding tert-OH is 1. The van der Waals surface area contributed by atoms with Crippen molar-refractivity contribution in [2.45, 2.75) is 13.0 Å². The van der Waals surface area contributed by atoms with Gasteiger partial charge in [0.1, 0.15) is 18.8 Å². The van der Waals surface area contributed by atoms with Crippen LogP contribution in [0.2, 0.25) is 0 Å². The van der Waals surface area contributed by atoms with Gasteiger partial charge in [-0.1, -0.05) is 0 Å². The molecule has 0 aliphatic rings. The zero-order valence-corrected chi connectivity index (χ0v) is 6.60. The number of aldehydes is 2. The Morgan fingerprint density at radius 2 is 2.17 bits per heavy atom. The lowest BCUT2D eigenvalue weighted by Crippen LogP contribution is -2.29. The van der Waals surface area contributed by atoms with Crippen LogP contribution in [0.3, 0.4) is 0 Å². The summed E-state index contributed by atoms with van der Waals surface area (Å²) >= 11 is 0. The second-order valence-electron chi connectivity index (χ2n) is 2.20. The van der Waals surface area contributed by atoms with Crippen LogP contribution in [0.4, 0.5) is 0 Å². The van der Waals surface area contributed by atoms with Crippen LogP contribution in [0, 0.1) is 5.92 Å². The molecule has 5 nitrogen and oxygen atoms in total. The number of carbonyl (C=O) groups excluding carboxylic acids is 3. The molecule has 0 spiro atoms. The quantitative estimate of drug-likeness (QED) is 0.326. The number of hydrogen-bond donors (Lipinski definition) is 1. The first-order valence-corrected chi connectivity index (χ1v) is 3.37. The van der Waals surface area contributed by atoms with Crippen LogP contribution in [0.15, 0.2) is 0 Å². The Morgan fingerprint density at radius 3 is 2.50 bits per heavy atom. The van der Waals surface area contributed by atoms with E-state index in [1.165, 1.54) is 6.92 Å². The maximum Gasteiger partial charge on any atom is 0.319 e. The van der Waals surface area contributed by atoms with Gasteiger partial charge in [-0.05, 0) is 6.92 Å². The molecule has 0 aromatic heterocycles. The number of ether oxygens (including phenoxy) is 1. The Labute approximate surface area is 69.3 Å². The van der Waals surface area contributed by atoms with Crippen molar-refractivity contribution in [2.24, 2.45) is 5.92 Å². The summed E-state index contributed by atoms with van der Waals surface area (Å²) in [6.07, 6.45) is -0.416. The fourth-order valence-electron chi connectivity index (χ4n) is 0.579. The van der Waals surface area contributed by atoms with Crippen LogP contribution in [0.25, 0.3) is 0 Å². The van der Waals surface area contributed by atoms with E-state index in [0.29, 0.717) is 6.29 Å². The Morgan fingerprint density at radius 1 is 1.58 bits per heavy atom. The van der Waals surface area contributed by atoms with Gasteiger partial charge in [0, 0.05) is 0 Å². The highest BCUT2D eigenvalue weighted by molar-refractivity contribution is 5.88. The lowest BCUT2D eigenvalue weighted by molar-refractivity contribution is -0.154. The van der Waals surface area contributed by atoms with Crippen LogP contribution in [0.5, 0.6) is 0 Å². The SMILES string of the molecule is CC(O)C(C=O)C(=O)OCC=O. The van der Waals surface area contributed by atoms with Crippen LogP contribution in [0.1, 0.15) is 6.92 Å². The van der Waals surface area contributed by atoms with E-state index in [-0.39, 0.29) is 6.29 Å². The number of rotatable bonds is 5. The summed E-state index contributed by atoms with van der Waals surface area (Å²) in [6, 6.07) is 0. The summed E-state index contributed by atoms with van der Waals surface area (Å²) in [4.78, 5) is 30.8. The first-order chi connectivity index (χ1) is 5.63. The first kappa shape index (κ1) is 10.8. The molecular weight excluding hydrogens is 164 g/mol. The van der Waals surface area contributed by atoms with Crippen LogP contribution >= 0.6 is 0 Å². The minimum absolute atomic E-state index is 0.289. The summed E-state index contributed by atoms with van der Waals surface area (Å²) in [5.74, 6) is -2.09. The molecule has 12 heavy (non-hydrogen) atoms. The maximum atomic E-state index is 10.8. The molecule has 2 unspecified atom stereocenters. The second kappa shape index (κ2) is 5.42. The van der Waals surface area contributed by atoms with E-state index in [0.717, 1.165) is 0 Å². The fourth-order valence-corrected chi connectivity index (χ4v) is 0.579. The van der Waals surface area contributed by atoms with Gasteiger partial charge in [-0.15, -0.1) is 0 Å². The minimum atomic E-state index is -1.20. The topological polar surface area (TPSA) is 80.7 Å². The van der Waals surface area contributed by atoms with Crippen molar-refractivity contribution in [1.82, 2.24) is 0 Å². The summed E-state index contributed by atoms with van der Waals surface area (Å²) in [6.45, 7) is 0.900. The molecule has 0 rings (SSSR count). The molecular formula is C7H10O5. The van der Waals surface area contributed by atoms with Gasteiger partial charge in [-0.2, -0.15) is 0 Å². The van der Waals surface area contributed by atoms with Crippen molar-refractivity contribution in [3.8, 4) is 0 Å². The molecule has 0 saturated heterocycles. The van der Waals surface area contributed by atoms with E-state index in [1.54, 1.807) is 0 Å². The molecule has 0 fully saturated rings. The van der Waals surface area contributed by atoms with Gasteiger partial charge in [-0.25, -0.2) is 0 Å². The zero-order valence-electron chi connectivity index (χ0n) is 6.60. The van der Waals surface area contributed by atoms with E-state index in [1.807, 2.05) is 0 Å². The Kier molecular flexibility index (Phi) is 4.87. The van der Waals surface area contributed by atoms with E-state index in [4.69, 9.17) is 5.11 Å². The monoisotopic (exact) mass is 174 g/mol. The first-order valence-electron chi connectivity index (χ1n) is 3.37. The fraction of sp³-hybridized carbons (Fsp3) is 0.571. The molecule has 0 bridgehead atoms. The Balaban J connectivity index is 4.02. The number of aliphatic hydroxyl groups is 1. The zero-order chi connectivity index (χ0) is 9.56. The van der Waals surface area contributed by atoms with E-state index in [2.05, 4.69) is 4.74 Å². The van der Waals surface area contributed by atoms with E-state index in [9.17, 15) is 14.4 Å². The second-order valence-corrected chi connectivity index (χ2v) is 2.20. The lowest BCUT2D eigenvalue weighted by atomic mass is 10.1. The third-order valence-corrected chi connectivity index (χ3v) is 1.23. The van der Waals surface area contributed by atoms with Crippen molar-refractivity contribution >= 4 is 18.5 Å². The van der Waals surface area contributed by atoms with Crippen molar-refractivity contribution in [1.29, 1.82) is 0 Å². The van der Waals surface area contributed by atoms with Crippen molar-refractivity contribution in [3.63, 3.8) is 0 Å². The van der Waals surface area contributed by atoms with Gasteiger partial charge in [0.05, 0.1) is 6.10 Å². The highest BCUT2D eigenvalue weighted by Crippen LogP contribution is 2.01. The molecule has 0 amide bonds. The highest BCUT2D eigenvalue weighted by Gasteiger charge is 2.24. The van der Waals surface area contributed by atoms with Gasteiger partial charge < -0.3 is 14.6 Å². The average molecular weight is 174 g/mol. The minimum Gasteiger partial charge on any atom is -0.457 e. The Hall–Kier alpha value is -1.23. The van der Waals surface area contributed by atoms with Gasteiger partial charge in [0.2, 0.25) is 0 Å². The molecule has 0 aliphatic carbocycles. The number of esters is 1. The molecule has 68 valence electrons. The summed E-state index contributed by atoms with van der Waals surface area (Å²) < 4.78 is 4.31. The summed E-state index contributed by atoms with van der Waals surface area (Å²) in [5, 5.41) is 8.86. The maximum absolute atomic E-state index is 10.8. The van der Waals surface area contributed by atoms with Crippen LogP contribution in [-0.4, -0.2) is 36.4 Å². The largest absolute Gasteiger partial charge is 0.457 e. The van der Waals surface area contributed by atoms with Gasteiger partial charge in [-0.3, -0.25) is 9.59 Å². The molecule has 0 aromatic carbocycles. The third kappa shape index (κ3) is 3.25. The smallest absolute Gasteiger partial charge is 0.319 e. The van der Waals surface area contributed by atoms with Crippen molar-refractivity contribution < 1.29 is 24.2 Å². The molecule has 5 heteroatoms. The number of hydrogen-bond acceptors (Lipinski definition) is 5. The molecule has 1 N–H and O–H groups in total. The molecule has 2 atom stereocenters. The van der Waals surface area contributed by atoms with Crippen molar-refractivity contribution in [3.05, 3.63) is 0 Å². The molecule has 0 aromatic rings. The molecule has 0 saturated carbocycles. The predicted molar refractivity (Wildman–Crippen MR) is 38.3 cm³/mol. The van der Waals surface area contributed by atoms with Crippen molar-refractivity contribution in [2.75, 3.05) is 6.61 Å². The standard InChI is InChI=1S/C7H10O5/c1-5(10)6(4-9)7(11)12-3-2-8/h2,4-6,10H,3H2,1H3. The third-order valence-electron chi connectivity index (χ3n) is 1.23. The van der Waals surface area contributed by atoms with Gasteiger partial charge in [0.15, 0.2) is 6.29 Å². The van der Waals surface area contributed by atoms with Crippen LogP contribution in [-0.2, 0) is 19.1 Å². The summed E-state index contributed by atoms with van der Waals surface area (Å²) in [5.41, 5.74) is 0. The highest BCUT2D eigenvalue weighted by atomic mass is 16.5. The van der Waals surface area contributed by atoms with E-state index < -0.39 is 24.6 Å². The Bertz CT molecular complexity index is 175. The molecule has 0 aliphatic heterocycles. The van der Waals surface area contributed by atoms with Gasteiger partial charge in [0.25, 0.3) is 0 Å². The molecule has 0 radical (unpaired) electrons. The van der Waals surface area contributed by atoms with Crippen LogP contribution < -0.4 is 0 Å². The molecule has 0 heterocycles. The number of carbonyl (C=O) groups is 3. The predicted octanol–water partition coefficient (Wildman–Crippen LogP) is -1.08. The lowest BCUT2D eigenvalue weighted by Gasteiger charge is -2.10. The van der Waals surface area contributed by atoms with Gasteiger partial charge >= 0.3 is 5.97 Å². The normalized spacial score (nSPS) is 14.5.